The number of carbonyl (C=O) groups excluding carboxylic acids is 1. The van der Waals surface area contributed by atoms with Crippen molar-refractivity contribution in [2.24, 2.45) is 10.7 Å². The fourth-order valence-electron chi connectivity index (χ4n) is 3.21. The van der Waals surface area contributed by atoms with Crippen molar-refractivity contribution in [2.45, 2.75) is 43.6 Å². The summed E-state index contributed by atoms with van der Waals surface area (Å²) in [6.07, 6.45) is 6.90. The quantitative estimate of drug-likeness (QED) is 0.402. The average Bonchev–Trinajstić information content (AvgIpc) is 2.79. The molecule has 2 aromatic carbocycles. The standard InChI is InChI=1S/C24H28N2O6S2/c1-16(15-27)31-19-12-17(23(28)26-24(25)33-21-6-4-3-5-7-21)13-20(14-19)32-18-8-10-22(11-9-18)34(2,29)30/h6,8-14,16,27H,3-5,7,15H2,1-2H3,(H2,25,26,28). The highest BCUT2D eigenvalue weighted by atomic mass is 32.2. The lowest BCUT2D eigenvalue weighted by Crippen LogP contribution is -2.16. The topological polar surface area (TPSA) is 128 Å². The van der Waals surface area contributed by atoms with Gasteiger partial charge in [-0.1, -0.05) is 17.8 Å². The van der Waals surface area contributed by atoms with Gasteiger partial charge in [0.2, 0.25) is 0 Å². The Bertz CT molecular complexity index is 1190. The van der Waals surface area contributed by atoms with Gasteiger partial charge in [0.15, 0.2) is 15.0 Å². The number of hydrogen-bond acceptors (Lipinski definition) is 7. The molecule has 34 heavy (non-hydrogen) atoms. The van der Waals surface area contributed by atoms with E-state index in [1.54, 1.807) is 13.0 Å². The van der Waals surface area contributed by atoms with E-state index in [4.69, 9.17) is 15.2 Å². The third kappa shape index (κ3) is 7.61. The summed E-state index contributed by atoms with van der Waals surface area (Å²) in [5.41, 5.74) is 6.20. The molecular formula is C24H28N2O6S2. The molecule has 1 unspecified atom stereocenters. The van der Waals surface area contributed by atoms with E-state index in [9.17, 15) is 18.3 Å². The number of sulfone groups is 1. The van der Waals surface area contributed by atoms with Gasteiger partial charge in [0.05, 0.1) is 11.5 Å². The summed E-state index contributed by atoms with van der Waals surface area (Å²) in [6.45, 7) is 1.47. The number of amidine groups is 1. The normalized spacial score (nSPS) is 15.4. The molecule has 1 amide bonds. The zero-order chi connectivity index (χ0) is 24.7. The van der Waals surface area contributed by atoms with E-state index < -0.39 is 21.8 Å². The van der Waals surface area contributed by atoms with E-state index in [1.807, 2.05) is 0 Å². The highest BCUT2D eigenvalue weighted by Crippen LogP contribution is 2.30. The molecule has 8 nitrogen and oxygen atoms in total. The fraction of sp³-hybridized carbons (Fsp3) is 0.333. The van der Waals surface area contributed by atoms with Crippen LogP contribution in [0.1, 0.15) is 43.0 Å². The van der Waals surface area contributed by atoms with Crippen molar-refractivity contribution < 1.29 is 27.8 Å². The minimum atomic E-state index is -3.33. The molecule has 0 bridgehead atoms. The van der Waals surface area contributed by atoms with E-state index in [0.717, 1.165) is 36.8 Å². The zero-order valence-electron chi connectivity index (χ0n) is 19.1. The Balaban J connectivity index is 1.85. The Morgan fingerprint density at radius 3 is 2.47 bits per heavy atom. The molecule has 3 N–H and O–H groups in total. The fourth-order valence-corrected chi connectivity index (χ4v) is 4.68. The summed E-state index contributed by atoms with van der Waals surface area (Å²) in [4.78, 5) is 18.1. The summed E-state index contributed by atoms with van der Waals surface area (Å²) in [5.74, 6) is 0.419. The molecule has 0 radical (unpaired) electrons. The molecule has 1 aliphatic rings. The maximum Gasteiger partial charge on any atom is 0.279 e. The number of allylic oxidation sites excluding steroid dienone is 2. The van der Waals surface area contributed by atoms with Crippen LogP contribution in [0.5, 0.6) is 17.2 Å². The Labute approximate surface area is 203 Å². The van der Waals surface area contributed by atoms with Gasteiger partial charge in [0.25, 0.3) is 5.91 Å². The van der Waals surface area contributed by atoms with Crippen LogP contribution in [-0.4, -0.2) is 43.6 Å². The van der Waals surface area contributed by atoms with Crippen LogP contribution in [0.15, 0.2) is 63.3 Å². The molecule has 0 aliphatic heterocycles. The lowest BCUT2D eigenvalue weighted by molar-refractivity contribution is 0.100. The first-order valence-electron chi connectivity index (χ1n) is 10.8. The molecule has 1 aliphatic carbocycles. The van der Waals surface area contributed by atoms with Crippen LogP contribution in [0.3, 0.4) is 0 Å². The smallest absolute Gasteiger partial charge is 0.279 e. The molecule has 0 spiro atoms. The number of nitrogens with two attached hydrogens (primary N) is 1. The SMILES string of the molecule is CC(CO)Oc1cc(Oc2ccc(S(C)(=O)=O)cc2)cc(C(=O)N=C(N)SC2=CCCCC2)c1. The molecule has 2 aromatic rings. The molecule has 182 valence electrons. The number of ether oxygens (including phenoxy) is 2. The Kier molecular flexibility index (Phi) is 8.76. The number of aliphatic hydroxyl groups is 1. The van der Waals surface area contributed by atoms with Crippen LogP contribution < -0.4 is 15.2 Å². The van der Waals surface area contributed by atoms with Gasteiger partial charge in [-0.25, -0.2) is 8.42 Å². The predicted molar refractivity (Wildman–Crippen MR) is 133 cm³/mol. The van der Waals surface area contributed by atoms with Gasteiger partial charge in [0, 0.05) is 17.9 Å². The lowest BCUT2D eigenvalue weighted by Gasteiger charge is -2.15. The lowest BCUT2D eigenvalue weighted by atomic mass is 10.1. The number of aliphatic hydroxyl groups excluding tert-OH is 1. The van der Waals surface area contributed by atoms with Crippen LogP contribution in [0, 0.1) is 0 Å². The second-order valence-corrected chi connectivity index (χ2v) is 11.1. The Morgan fingerprint density at radius 2 is 1.85 bits per heavy atom. The Hall–Kier alpha value is -2.82. The van der Waals surface area contributed by atoms with Crippen LogP contribution in [0.2, 0.25) is 0 Å². The summed E-state index contributed by atoms with van der Waals surface area (Å²) in [7, 11) is -3.33. The number of benzene rings is 2. The number of carbonyl (C=O) groups is 1. The van der Waals surface area contributed by atoms with E-state index in [1.165, 1.54) is 48.2 Å². The molecule has 0 saturated carbocycles. The molecule has 1 atom stereocenters. The molecule has 0 heterocycles. The van der Waals surface area contributed by atoms with Gasteiger partial charge in [0.1, 0.15) is 23.4 Å². The first kappa shape index (κ1) is 25.8. The van der Waals surface area contributed by atoms with Crippen molar-refractivity contribution in [3.8, 4) is 17.2 Å². The number of thioether (sulfide) groups is 1. The van der Waals surface area contributed by atoms with Crippen LogP contribution in [-0.2, 0) is 9.84 Å². The Morgan fingerprint density at radius 1 is 1.15 bits per heavy atom. The number of nitrogens with zero attached hydrogens (tertiary/aromatic N) is 1. The highest BCUT2D eigenvalue weighted by molar-refractivity contribution is 8.17. The molecule has 3 rings (SSSR count). The predicted octanol–water partition coefficient (Wildman–Crippen LogP) is 4.29. The van der Waals surface area contributed by atoms with Gasteiger partial charge in [-0.2, -0.15) is 4.99 Å². The van der Waals surface area contributed by atoms with Gasteiger partial charge in [-0.3, -0.25) is 4.79 Å². The molecule has 0 saturated heterocycles. The van der Waals surface area contributed by atoms with Crippen molar-refractivity contribution in [3.63, 3.8) is 0 Å². The van der Waals surface area contributed by atoms with Gasteiger partial charge in [-0.15, -0.1) is 0 Å². The number of aliphatic imine (C=N–C) groups is 1. The zero-order valence-corrected chi connectivity index (χ0v) is 20.7. The third-order valence-corrected chi connectivity index (χ3v) is 6.97. The highest BCUT2D eigenvalue weighted by Gasteiger charge is 2.15. The minimum Gasteiger partial charge on any atom is -0.488 e. The molecular weight excluding hydrogens is 476 g/mol. The number of amides is 1. The third-order valence-electron chi connectivity index (χ3n) is 4.91. The molecule has 0 aromatic heterocycles. The van der Waals surface area contributed by atoms with Crippen LogP contribution in [0.4, 0.5) is 0 Å². The first-order chi connectivity index (χ1) is 16.1. The number of rotatable bonds is 8. The van der Waals surface area contributed by atoms with Crippen LogP contribution in [0.25, 0.3) is 0 Å². The first-order valence-corrected chi connectivity index (χ1v) is 13.5. The summed E-state index contributed by atoms with van der Waals surface area (Å²) >= 11 is 1.30. The summed E-state index contributed by atoms with van der Waals surface area (Å²) < 4.78 is 34.8. The van der Waals surface area contributed by atoms with Crippen LogP contribution >= 0.6 is 11.8 Å². The second-order valence-electron chi connectivity index (χ2n) is 7.92. The minimum absolute atomic E-state index is 0.159. The van der Waals surface area contributed by atoms with E-state index >= 15 is 0 Å². The summed E-state index contributed by atoms with van der Waals surface area (Å²) in [5, 5.41) is 9.49. The maximum atomic E-state index is 12.8. The van der Waals surface area contributed by atoms with E-state index in [-0.39, 0.29) is 28.0 Å². The second kappa shape index (κ2) is 11.5. The van der Waals surface area contributed by atoms with Crippen molar-refractivity contribution >= 4 is 32.7 Å². The van der Waals surface area contributed by atoms with E-state index in [0.29, 0.717) is 11.5 Å². The van der Waals surface area contributed by atoms with E-state index in [2.05, 4.69) is 11.1 Å². The molecule has 0 fully saturated rings. The molecule has 10 heteroatoms. The van der Waals surface area contributed by atoms with Gasteiger partial charge < -0.3 is 20.3 Å². The summed E-state index contributed by atoms with van der Waals surface area (Å²) in [6, 6.07) is 10.5. The largest absolute Gasteiger partial charge is 0.488 e. The van der Waals surface area contributed by atoms with Crippen molar-refractivity contribution in [1.82, 2.24) is 0 Å². The monoisotopic (exact) mass is 504 g/mol. The maximum absolute atomic E-state index is 12.8. The average molecular weight is 505 g/mol. The van der Waals surface area contributed by atoms with Crippen molar-refractivity contribution in [3.05, 3.63) is 59.0 Å². The van der Waals surface area contributed by atoms with Crippen molar-refractivity contribution in [2.75, 3.05) is 12.9 Å². The van der Waals surface area contributed by atoms with Gasteiger partial charge >= 0.3 is 0 Å². The van der Waals surface area contributed by atoms with Gasteiger partial charge in [-0.05, 0) is 73.9 Å². The van der Waals surface area contributed by atoms with Crippen molar-refractivity contribution in [1.29, 1.82) is 0 Å². The number of hydrogen-bond donors (Lipinski definition) is 2.